The van der Waals surface area contributed by atoms with Crippen molar-refractivity contribution in [2.24, 2.45) is 0 Å². The number of morpholine rings is 1. The highest BCUT2D eigenvalue weighted by Gasteiger charge is 2.40. The van der Waals surface area contributed by atoms with Crippen LogP contribution in [0.1, 0.15) is 5.56 Å². The molecule has 2 saturated heterocycles. The first kappa shape index (κ1) is 32.3. The van der Waals surface area contributed by atoms with Gasteiger partial charge >= 0.3 is 24.3 Å². The molecule has 0 radical (unpaired) electrons. The summed E-state index contributed by atoms with van der Waals surface area (Å²) in [7, 11) is 0. The van der Waals surface area contributed by atoms with E-state index in [1.165, 1.54) is 12.1 Å². The number of carboxylic acids is 2. The van der Waals surface area contributed by atoms with Crippen molar-refractivity contribution in [2.75, 3.05) is 52.5 Å². The topological polar surface area (TPSA) is 99.5 Å². The highest BCUT2D eigenvalue weighted by atomic mass is 19.4. The van der Waals surface area contributed by atoms with Gasteiger partial charge in [0.1, 0.15) is 11.4 Å². The Morgan fingerprint density at radius 1 is 0.946 bits per heavy atom. The molecule has 1 aromatic carbocycles. The van der Waals surface area contributed by atoms with Crippen molar-refractivity contribution in [3.05, 3.63) is 48.3 Å². The molecule has 1 spiro atoms. The summed E-state index contributed by atoms with van der Waals surface area (Å²) < 4.78 is 88.5. The summed E-state index contributed by atoms with van der Waals surface area (Å²) in [5, 5.41) is 14.2. The average molecular weight is 548 g/mol. The molecule has 0 aliphatic carbocycles. The second-order valence-corrected chi connectivity index (χ2v) is 8.05. The van der Waals surface area contributed by atoms with Gasteiger partial charge in [-0.3, -0.25) is 9.80 Å². The molecular weight excluding hydrogens is 521 g/mol. The van der Waals surface area contributed by atoms with E-state index in [0.29, 0.717) is 13.2 Å². The maximum Gasteiger partial charge on any atom is 0.490 e. The minimum absolute atomic E-state index is 0.190. The number of carboxylic acid groups (broad SMARTS) is 2. The first-order valence-corrected chi connectivity index (χ1v) is 10.7. The number of alkyl halides is 6. The van der Waals surface area contributed by atoms with Crippen LogP contribution < -0.4 is 0 Å². The van der Waals surface area contributed by atoms with Gasteiger partial charge in [0.2, 0.25) is 0 Å². The largest absolute Gasteiger partial charge is 0.490 e. The molecule has 210 valence electrons. The quantitative estimate of drug-likeness (QED) is 0.438. The summed E-state index contributed by atoms with van der Waals surface area (Å²) in [4.78, 5) is 22.5. The van der Waals surface area contributed by atoms with Gasteiger partial charge in [0.05, 0.1) is 19.8 Å². The van der Waals surface area contributed by atoms with Crippen molar-refractivity contribution in [1.82, 2.24) is 9.80 Å². The molecule has 1 unspecified atom stereocenters. The maximum absolute atomic E-state index is 13.0. The monoisotopic (exact) mass is 548 g/mol. The molecule has 2 heterocycles. The fourth-order valence-electron chi connectivity index (χ4n) is 3.41. The Morgan fingerprint density at radius 3 is 1.92 bits per heavy atom. The van der Waals surface area contributed by atoms with Gasteiger partial charge in [0, 0.05) is 39.3 Å². The summed E-state index contributed by atoms with van der Waals surface area (Å²) in [6, 6.07) is 6.74. The van der Waals surface area contributed by atoms with E-state index in [2.05, 4.69) is 16.4 Å². The van der Waals surface area contributed by atoms with Gasteiger partial charge in [-0.1, -0.05) is 18.2 Å². The van der Waals surface area contributed by atoms with Crippen LogP contribution >= 0.6 is 0 Å². The van der Waals surface area contributed by atoms with Crippen LogP contribution in [0.3, 0.4) is 0 Å². The standard InChI is InChI=1S/C18H25FN2O2.2C2HF3O2/c1-2-7-20-8-10-22-15-18(13-20)14-21(9-11-23-18)12-16-3-5-17(19)6-4-16;2*3-2(4,5)1(6)7/h2-6H,1,7-15H2;2*(H,6,7). The highest BCUT2D eigenvalue weighted by Crippen LogP contribution is 2.24. The Morgan fingerprint density at radius 2 is 1.43 bits per heavy atom. The van der Waals surface area contributed by atoms with Crippen molar-refractivity contribution < 1.29 is 60.0 Å². The van der Waals surface area contributed by atoms with E-state index in [4.69, 9.17) is 29.3 Å². The molecule has 2 N–H and O–H groups in total. The molecule has 0 aromatic heterocycles. The number of rotatable bonds is 4. The SMILES string of the molecule is C=CCN1CCOCC2(C1)CN(Cc1ccc(F)cc1)CCO2.O=C(O)C(F)(F)F.O=C(O)C(F)(F)F. The van der Waals surface area contributed by atoms with Gasteiger partial charge in [-0.15, -0.1) is 6.58 Å². The molecule has 37 heavy (non-hydrogen) atoms. The number of benzene rings is 1. The van der Waals surface area contributed by atoms with Crippen LogP contribution in [0.2, 0.25) is 0 Å². The number of halogens is 7. The Labute approximate surface area is 207 Å². The number of nitrogens with zero attached hydrogens (tertiary/aromatic N) is 2. The molecule has 8 nitrogen and oxygen atoms in total. The second kappa shape index (κ2) is 14.3. The minimum atomic E-state index is -5.08. The van der Waals surface area contributed by atoms with Crippen LogP contribution in [0.4, 0.5) is 30.7 Å². The van der Waals surface area contributed by atoms with Gasteiger partial charge in [0.25, 0.3) is 0 Å². The molecule has 0 bridgehead atoms. The maximum atomic E-state index is 13.0. The van der Waals surface area contributed by atoms with E-state index < -0.39 is 24.3 Å². The highest BCUT2D eigenvalue weighted by molar-refractivity contribution is 5.73. The first-order chi connectivity index (χ1) is 17.1. The second-order valence-electron chi connectivity index (χ2n) is 8.05. The number of aliphatic carboxylic acids is 2. The molecule has 0 saturated carbocycles. The van der Waals surface area contributed by atoms with Gasteiger partial charge in [0.15, 0.2) is 0 Å². The van der Waals surface area contributed by atoms with Crippen LogP contribution in [0, 0.1) is 5.82 Å². The van der Waals surface area contributed by atoms with Gasteiger partial charge < -0.3 is 19.7 Å². The predicted octanol–water partition coefficient (Wildman–Crippen LogP) is 3.18. The van der Waals surface area contributed by atoms with Crippen LogP contribution in [0.5, 0.6) is 0 Å². The van der Waals surface area contributed by atoms with E-state index in [0.717, 1.165) is 51.4 Å². The molecule has 1 aromatic rings. The smallest absolute Gasteiger partial charge is 0.475 e. The Hall–Kier alpha value is -2.75. The van der Waals surface area contributed by atoms with Crippen LogP contribution in [0.15, 0.2) is 36.9 Å². The Bertz CT molecular complexity index is 856. The lowest BCUT2D eigenvalue weighted by atomic mass is 10.0. The van der Waals surface area contributed by atoms with Crippen molar-refractivity contribution in [3.8, 4) is 0 Å². The van der Waals surface area contributed by atoms with E-state index in [1.54, 1.807) is 0 Å². The molecule has 2 aliphatic heterocycles. The fraction of sp³-hybridized carbons (Fsp3) is 0.545. The van der Waals surface area contributed by atoms with Crippen LogP contribution in [-0.2, 0) is 25.6 Å². The zero-order chi connectivity index (χ0) is 28.3. The van der Waals surface area contributed by atoms with E-state index >= 15 is 0 Å². The van der Waals surface area contributed by atoms with Gasteiger partial charge in [-0.25, -0.2) is 14.0 Å². The third-order valence-electron chi connectivity index (χ3n) is 4.95. The lowest BCUT2D eigenvalue weighted by Crippen LogP contribution is -2.58. The summed E-state index contributed by atoms with van der Waals surface area (Å²) in [6.07, 6.45) is -8.24. The Kier molecular flexibility index (Phi) is 12.4. The van der Waals surface area contributed by atoms with E-state index in [1.807, 2.05) is 18.2 Å². The Balaban J connectivity index is 0.000000404. The molecule has 1 atom stereocenters. The molecule has 2 aliphatic rings. The average Bonchev–Trinajstić information content (AvgIpc) is 2.97. The lowest BCUT2D eigenvalue weighted by molar-refractivity contribution is -0.193. The van der Waals surface area contributed by atoms with Crippen molar-refractivity contribution in [2.45, 2.75) is 24.5 Å². The number of hydrogen-bond donors (Lipinski definition) is 2. The van der Waals surface area contributed by atoms with Gasteiger partial charge in [-0.2, -0.15) is 26.3 Å². The zero-order valence-electron chi connectivity index (χ0n) is 19.5. The minimum Gasteiger partial charge on any atom is -0.475 e. The lowest BCUT2D eigenvalue weighted by Gasteiger charge is -2.43. The summed E-state index contributed by atoms with van der Waals surface area (Å²) in [5.74, 6) is -5.70. The summed E-state index contributed by atoms with van der Waals surface area (Å²) in [5.41, 5.74) is 0.846. The molecule has 0 amide bonds. The normalized spacial score (nSPS) is 21.1. The summed E-state index contributed by atoms with van der Waals surface area (Å²) >= 11 is 0. The first-order valence-electron chi connectivity index (χ1n) is 10.7. The molecule has 3 rings (SSSR count). The van der Waals surface area contributed by atoms with Crippen LogP contribution in [-0.4, -0.2) is 102 Å². The molecule has 2 fully saturated rings. The third-order valence-corrected chi connectivity index (χ3v) is 4.95. The number of carbonyl (C=O) groups is 2. The predicted molar refractivity (Wildman–Crippen MR) is 115 cm³/mol. The van der Waals surface area contributed by atoms with Crippen LogP contribution in [0.25, 0.3) is 0 Å². The zero-order valence-corrected chi connectivity index (χ0v) is 19.5. The van der Waals surface area contributed by atoms with Crippen molar-refractivity contribution in [3.63, 3.8) is 0 Å². The fourth-order valence-corrected chi connectivity index (χ4v) is 3.41. The molecule has 15 heteroatoms. The van der Waals surface area contributed by atoms with E-state index in [-0.39, 0.29) is 11.4 Å². The van der Waals surface area contributed by atoms with Crippen molar-refractivity contribution in [1.29, 1.82) is 0 Å². The molecular formula is C22H27F7N2O6. The number of hydrogen-bond acceptors (Lipinski definition) is 6. The van der Waals surface area contributed by atoms with Gasteiger partial charge in [-0.05, 0) is 17.7 Å². The summed E-state index contributed by atoms with van der Waals surface area (Å²) in [6.45, 7) is 11.1. The van der Waals surface area contributed by atoms with E-state index in [9.17, 15) is 30.7 Å². The van der Waals surface area contributed by atoms with Crippen molar-refractivity contribution >= 4 is 11.9 Å². The third kappa shape index (κ3) is 12.4. The number of ether oxygens (including phenoxy) is 2.